The van der Waals surface area contributed by atoms with Crippen LogP contribution < -0.4 is 0 Å². The molecule has 0 bridgehead atoms. The van der Waals surface area contributed by atoms with E-state index >= 15 is 0 Å². The van der Waals surface area contributed by atoms with Crippen LogP contribution in [-0.2, 0) is 28.6 Å². The summed E-state index contributed by atoms with van der Waals surface area (Å²) in [7, 11) is 0. The van der Waals surface area contributed by atoms with Gasteiger partial charge in [-0.05, 0) is 70.6 Å². The summed E-state index contributed by atoms with van der Waals surface area (Å²) in [5.41, 5.74) is 0. The molecule has 0 aromatic carbocycles. The summed E-state index contributed by atoms with van der Waals surface area (Å²) >= 11 is 0. The molecule has 0 aromatic heterocycles. The summed E-state index contributed by atoms with van der Waals surface area (Å²) in [6.45, 7) is 6.48. The van der Waals surface area contributed by atoms with E-state index in [2.05, 4.69) is 75.5 Å². The van der Waals surface area contributed by atoms with Crippen molar-refractivity contribution in [3.05, 3.63) is 60.8 Å². The molecule has 6 heteroatoms. The molecule has 1 unspecified atom stereocenters. The Hall–Kier alpha value is -2.89. The lowest BCUT2D eigenvalue weighted by molar-refractivity contribution is -0.166. The lowest BCUT2D eigenvalue weighted by Gasteiger charge is -2.18. The van der Waals surface area contributed by atoms with Gasteiger partial charge in [-0.15, -0.1) is 0 Å². The predicted molar refractivity (Wildman–Crippen MR) is 298 cm³/mol. The molecule has 0 saturated heterocycles. The molecular weight excluding hydrogens is 853 g/mol. The van der Waals surface area contributed by atoms with Gasteiger partial charge in [-0.25, -0.2) is 0 Å². The highest BCUT2D eigenvalue weighted by Crippen LogP contribution is 2.16. The zero-order chi connectivity index (χ0) is 50.0. The number of carbonyl (C=O) groups excluding carboxylic acids is 3. The van der Waals surface area contributed by atoms with Gasteiger partial charge in [0.15, 0.2) is 6.10 Å². The Labute approximate surface area is 428 Å². The highest BCUT2D eigenvalue weighted by Gasteiger charge is 2.19. The molecule has 0 amide bonds. The van der Waals surface area contributed by atoms with Crippen molar-refractivity contribution in [2.45, 2.75) is 309 Å². The van der Waals surface area contributed by atoms with E-state index in [1.807, 2.05) is 6.08 Å². The van der Waals surface area contributed by atoms with Crippen LogP contribution in [0.15, 0.2) is 60.8 Å². The SMILES string of the molecule is CC/C=C\C/C=C\C/C=C\C/C=C\CCC(=O)OC(COC(=O)CCCCCCCCCCCCC)COC(=O)CCCCCCCCCCCCCCCCC/C=C\CCCCCCCCCC. The van der Waals surface area contributed by atoms with Gasteiger partial charge in [-0.2, -0.15) is 0 Å². The van der Waals surface area contributed by atoms with Gasteiger partial charge in [0, 0.05) is 19.3 Å². The average molecular weight is 966 g/mol. The highest BCUT2D eigenvalue weighted by atomic mass is 16.6. The number of hydrogen-bond acceptors (Lipinski definition) is 6. The molecule has 0 aromatic rings. The minimum atomic E-state index is -0.809. The molecule has 0 saturated carbocycles. The van der Waals surface area contributed by atoms with Crippen molar-refractivity contribution in [1.29, 1.82) is 0 Å². The van der Waals surface area contributed by atoms with Gasteiger partial charge in [-0.1, -0.05) is 274 Å². The zero-order valence-corrected chi connectivity index (χ0v) is 45.8. The molecule has 69 heavy (non-hydrogen) atoms. The van der Waals surface area contributed by atoms with E-state index in [4.69, 9.17) is 14.2 Å². The highest BCUT2D eigenvalue weighted by molar-refractivity contribution is 5.71. The fraction of sp³-hybridized carbons (Fsp3) is 0.794. The lowest BCUT2D eigenvalue weighted by atomic mass is 10.0. The third kappa shape index (κ3) is 55.9. The minimum Gasteiger partial charge on any atom is -0.462 e. The van der Waals surface area contributed by atoms with Gasteiger partial charge in [0.2, 0.25) is 0 Å². The summed E-state index contributed by atoms with van der Waals surface area (Å²) in [5.74, 6) is -0.972. The van der Waals surface area contributed by atoms with Gasteiger partial charge in [0.1, 0.15) is 13.2 Å². The summed E-state index contributed by atoms with van der Waals surface area (Å²) in [6.07, 6.45) is 72.6. The second-order valence-corrected chi connectivity index (χ2v) is 19.9. The molecule has 0 spiro atoms. The topological polar surface area (TPSA) is 78.9 Å². The molecular formula is C63H112O6. The van der Waals surface area contributed by atoms with Crippen molar-refractivity contribution < 1.29 is 28.6 Å². The van der Waals surface area contributed by atoms with Crippen molar-refractivity contribution >= 4 is 17.9 Å². The van der Waals surface area contributed by atoms with Crippen LogP contribution in [0.4, 0.5) is 0 Å². The Bertz CT molecular complexity index is 1250. The summed E-state index contributed by atoms with van der Waals surface area (Å²) in [4.78, 5) is 38.0. The third-order valence-corrected chi connectivity index (χ3v) is 13.0. The molecule has 0 fully saturated rings. The quantitative estimate of drug-likeness (QED) is 0.0262. The van der Waals surface area contributed by atoms with Gasteiger partial charge < -0.3 is 14.2 Å². The van der Waals surface area contributed by atoms with Crippen LogP contribution in [0.25, 0.3) is 0 Å². The number of unbranched alkanes of at least 4 members (excludes halogenated alkanes) is 33. The summed E-state index contributed by atoms with van der Waals surface area (Å²) in [6, 6.07) is 0. The fourth-order valence-electron chi connectivity index (χ4n) is 8.57. The normalized spacial score (nSPS) is 12.4. The molecule has 0 aliphatic heterocycles. The van der Waals surface area contributed by atoms with Crippen LogP contribution in [0.3, 0.4) is 0 Å². The van der Waals surface area contributed by atoms with Crippen LogP contribution in [0.1, 0.15) is 303 Å². The van der Waals surface area contributed by atoms with Crippen molar-refractivity contribution in [3.8, 4) is 0 Å². The molecule has 6 nitrogen and oxygen atoms in total. The maximum Gasteiger partial charge on any atom is 0.306 e. The second kappa shape index (κ2) is 57.7. The van der Waals surface area contributed by atoms with E-state index in [1.54, 1.807) is 0 Å². The van der Waals surface area contributed by atoms with Crippen molar-refractivity contribution in [2.24, 2.45) is 0 Å². The Morgan fingerprint density at radius 2 is 0.594 bits per heavy atom. The van der Waals surface area contributed by atoms with Crippen LogP contribution in [0.2, 0.25) is 0 Å². The molecule has 0 heterocycles. The lowest BCUT2D eigenvalue weighted by Crippen LogP contribution is -2.30. The Kier molecular flexibility index (Phi) is 55.3. The predicted octanol–water partition coefficient (Wildman–Crippen LogP) is 20.0. The first-order valence-electron chi connectivity index (χ1n) is 29.8. The summed E-state index contributed by atoms with van der Waals surface area (Å²) in [5, 5.41) is 0. The first-order chi connectivity index (χ1) is 34.0. The van der Waals surface area contributed by atoms with E-state index in [9.17, 15) is 14.4 Å². The number of ether oxygens (including phenoxy) is 3. The number of rotatable bonds is 54. The fourth-order valence-corrected chi connectivity index (χ4v) is 8.57. The largest absolute Gasteiger partial charge is 0.462 e. The van der Waals surface area contributed by atoms with Crippen molar-refractivity contribution in [3.63, 3.8) is 0 Å². The van der Waals surface area contributed by atoms with Crippen molar-refractivity contribution in [1.82, 2.24) is 0 Å². The first-order valence-corrected chi connectivity index (χ1v) is 29.8. The molecule has 0 rings (SSSR count). The number of esters is 3. The Morgan fingerprint density at radius 3 is 0.942 bits per heavy atom. The molecule has 400 valence electrons. The third-order valence-electron chi connectivity index (χ3n) is 13.0. The first kappa shape index (κ1) is 66.1. The second-order valence-electron chi connectivity index (χ2n) is 19.9. The van der Waals surface area contributed by atoms with E-state index in [1.165, 1.54) is 193 Å². The Morgan fingerprint density at radius 1 is 0.304 bits per heavy atom. The number of hydrogen-bond donors (Lipinski definition) is 0. The molecule has 0 aliphatic carbocycles. The van der Waals surface area contributed by atoms with E-state index < -0.39 is 6.10 Å². The van der Waals surface area contributed by atoms with Crippen LogP contribution in [0.5, 0.6) is 0 Å². The average Bonchev–Trinajstić information content (AvgIpc) is 3.35. The standard InChI is InChI=1S/C63H112O6/c1-4-7-10-13-16-19-22-24-25-26-27-28-29-30-31-32-33-34-35-36-37-39-41-44-47-50-53-56-62(65)68-59-60(58-67-61(64)55-52-49-46-43-40-21-18-15-12-9-6-3)69-63(66)57-54-51-48-45-42-38-23-20-17-14-11-8-5-2/h8,11,17,20,26-27,38,42,48,51,60H,4-7,9-10,12-16,18-19,21-25,28-37,39-41,43-47,49-50,52-59H2,1-3H3/b11-8-,20-17-,27-26-,42-38-,51-48-. The number of allylic oxidation sites excluding steroid dienone is 10. The zero-order valence-electron chi connectivity index (χ0n) is 45.8. The Balaban J connectivity index is 4.19. The van der Waals surface area contributed by atoms with Gasteiger partial charge in [0.05, 0.1) is 0 Å². The molecule has 0 radical (unpaired) electrons. The maximum absolute atomic E-state index is 12.8. The van der Waals surface area contributed by atoms with E-state index in [0.29, 0.717) is 19.3 Å². The minimum absolute atomic E-state index is 0.0996. The number of carbonyl (C=O) groups is 3. The van der Waals surface area contributed by atoms with Crippen LogP contribution >= 0.6 is 0 Å². The molecule has 0 aliphatic rings. The van der Waals surface area contributed by atoms with Gasteiger partial charge in [-0.3, -0.25) is 14.4 Å². The van der Waals surface area contributed by atoms with Gasteiger partial charge >= 0.3 is 17.9 Å². The van der Waals surface area contributed by atoms with Crippen LogP contribution in [0, 0.1) is 0 Å². The van der Waals surface area contributed by atoms with Gasteiger partial charge in [0.25, 0.3) is 0 Å². The summed E-state index contributed by atoms with van der Waals surface area (Å²) < 4.78 is 16.8. The van der Waals surface area contributed by atoms with E-state index in [0.717, 1.165) is 64.2 Å². The smallest absolute Gasteiger partial charge is 0.306 e. The monoisotopic (exact) mass is 965 g/mol. The molecule has 1 atom stereocenters. The maximum atomic E-state index is 12.8. The van der Waals surface area contributed by atoms with E-state index in [-0.39, 0.29) is 37.5 Å². The molecule has 0 N–H and O–H groups in total. The van der Waals surface area contributed by atoms with Crippen LogP contribution in [-0.4, -0.2) is 37.2 Å². The van der Waals surface area contributed by atoms with Crippen molar-refractivity contribution in [2.75, 3.05) is 13.2 Å².